The zero-order chi connectivity index (χ0) is 14.5. The molecule has 0 heterocycles. The fraction of sp³-hybridized carbons (Fsp3) is 0.412. The number of hydrogen-bond acceptors (Lipinski definition) is 2. The van der Waals surface area contributed by atoms with Crippen molar-refractivity contribution in [3.63, 3.8) is 0 Å². The van der Waals surface area contributed by atoms with Crippen molar-refractivity contribution in [1.82, 2.24) is 5.43 Å². The third-order valence-corrected chi connectivity index (χ3v) is 3.90. The zero-order valence-electron chi connectivity index (χ0n) is 12.2. The van der Waals surface area contributed by atoms with Gasteiger partial charge in [-0.1, -0.05) is 57.0 Å². The van der Waals surface area contributed by atoms with Gasteiger partial charge in [0.2, 0.25) is 0 Å². The van der Waals surface area contributed by atoms with Crippen LogP contribution in [0.1, 0.15) is 44.7 Å². The quantitative estimate of drug-likeness (QED) is 0.608. The summed E-state index contributed by atoms with van der Waals surface area (Å²) in [5.74, 6) is 6.14. The van der Waals surface area contributed by atoms with Crippen molar-refractivity contribution in [2.24, 2.45) is 11.8 Å². The molecule has 0 radical (unpaired) electrons. The van der Waals surface area contributed by atoms with E-state index in [4.69, 9.17) is 5.84 Å². The molecule has 0 bridgehead atoms. The van der Waals surface area contributed by atoms with Gasteiger partial charge in [0.1, 0.15) is 5.82 Å². The van der Waals surface area contributed by atoms with Crippen LogP contribution in [0.25, 0.3) is 10.8 Å². The average molecular weight is 274 g/mol. The van der Waals surface area contributed by atoms with E-state index in [9.17, 15) is 4.39 Å². The fourth-order valence-corrected chi connectivity index (χ4v) is 2.89. The monoisotopic (exact) mass is 274 g/mol. The lowest BCUT2D eigenvalue weighted by atomic mass is 9.90. The Hall–Kier alpha value is -1.45. The molecular weight excluding hydrogens is 251 g/mol. The molecule has 0 aliphatic heterocycles. The minimum atomic E-state index is -0.179. The van der Waals surface area contributed by atoms with Crippen LogP contribution >= 0.6 is 0 Å². The SMILES string of the molecule is CCCC(C)CC(NN)c1ccc(F)c2ccccc12. The van der Waals surface area contributed by atoms with Gasteiger partial charge in [-0.05, 0) is 29.4 Å². The minimum absolute atomic E-state index is 0.0575. The molecule has 0 spiro atoms. The number of nitrogens with two attached hydrogens (primary N) is 1. The molecule has 3 N–H and O–H groups in total. The summed E-state index contributed by atoms with van der Waals surface area (Å²) in [4.78, 5) is 0. The van der Waals surface area contributed by atoms with Crippen molar-refractivity contribution in [3.8, 4) is 0 Å². The second-order valence-electron chi connectivity index (χ2n) is 5.53. The largest absolute Gasteiger partial charge is 0.271 e. The van der Waals surface area contributed by atoms with Crippen LogP contribution in [0.5, 0.6) is 0 Å². The molecule has 2 nitrogen and oxygen atoms in total. The van der Waals surface area contributed by atoms with Crippen molar-refractivity contribution in [3.05, 3.63) is 47.8 Å². The van der Waals surface area contributed by atoms with Crippen LogP contribution in [0.2, 0.25) is 0 Å². The second kappa shape index (κ2) is 6.82. The van der Waals surface area contributed by atoms with E-state index in [2.05, 4.69) is 19.3 Å². The van der Waals surface area contributed by atoms with Crippen LogP contribution in [0.15, 0.2) is 36.4 Å². The van der Waals surface area contributed by atoms with Crippen LogP contribution < -0.4 is 11.3 Å². The van der Waals surface area contributed by atoms with E-state index in [1.165, 1.54) is 18.9 Å². The number of benzene rings is 2. The first kappa shape index (κ1) is 14.9. The van der Waals surface area contributed by atoms with Gasteiger partial charge >= 0.3 is 0 Å². The van der Waals surface area contributed by atoms with Crippen molar-refractivity contribution in [2.45, 2.75) is 39.2 Å². The molecule has 20 heavy (non-hydrogen) atoms. The van der Waals surface area contributed by atoms with E-state index in [0.717, 1.165) is 17.4 Å². The van der Waals surface area contributed by atoms with Gasteiger partial charge < -0.3 is 0 Å². The molecule has 0 fully saturated rings. The molecular formula is C17H23FN2. The van der Waals surface area contributed by atoms with Gasteiger partial charge in [0.25, 0.3) is 0 Å². The Balaban J connectivity index is 2.37. The zero-order valence-corrected chi connectivity index (χ0v) is 12.2. The smallest absolute Gasteiger partial charge is 0.131 e. The van der Waals surface area contributed by atoms with Crippen molar-refractivity contribution in [2.75, 3.05) is 0 Å². The van der Waals surface area contributed by atoms with Gasteiger partial charge in [-0.3, -0.25) is 11.3 Å². The molecule has 0 amide bonds. The predicted molar refractivity (Wildman–Crippen MR) is 82.7 cm³/mol. The summed E-state index contributed by atoms with van der Waals surface area (Å²) in [7, 11) is 0. The summed E-state index contributed by atoms with van der Waals surface area (Å²) in [6.07, 6.45) is 3.31. The van der Waals surface area contributed by atoms with Gasteiger partial charge in [-0.15, -0.1) is 0 Å². The standard InChI is InChI=1S/C17H23FN2/c1-3-6-12(2)11-17(20-19)15-9-10-16(18)14-8-5-4-7-13(14)15/h4-5,7-10,12,17,20H,3,6,11,19H2,1-2H3. The summed E-state index contributed by atoms with van der Waals surface area (Å²) in [5.41, 5.74) is 3.97. The molecule has 2 aromatic rings. The molecule has 3 heteroatoms. The van der Waals surface area contributed by atoms with Gasteiger partial charge in [-0.2, -0.15) is 0 Å². The van der Waals surface area contributed by atoms with Crippen molar-refractivity contribution >= 4 is 10.8 Å². The lowest BCUT2D eigenvalue weighted by molar-refractivity contribution is 0.396. The molecule has 0 saturated heterocycles. The molecule has 0 aliphatic rings. The summed E-state index contributed by atoms with van der Waals surface area (Å²) in [5, 5.41) is 1.60. The van der Waals surface area contributed by atoms with Gasteiger partial charge in [0, 0.05) is 11.4 Å². The summed E-state index contributed by atoms with van der Waals surface area (Å²) >= 11 is 0. The highest BCUT2D eigenvalue weighted by Crippen LogP contribution is 2.30. The molecule has 108 valence electrons. The number of fused-ring (bicyclic) bond motifs is 1. The summed E-state index contributed by atoms with van der Waals surface area (Å²) in [6.45, 7) is 4.42. The third kappa shape index (κ3) is 3.17. The number of nitrogens with one attached hydrogen (secondary N) is 1. The third-order valence-electron chi connectivity index (χ3n) is 3.90. The molecule has 0 aliphatic carbocycles. The number of hydrogen-bond donors (Lipinski definition) is 2. The van der Waals surface area contributed by atoms with E-state index < -0.39 is 0 Å². The minimum Gasteiger partial charge on any atom is -0.271 e. The average Bonchev–Trinajstić information content (AvgIpc) is 2.46. The van der Waals surface area contributed by atoms with E-state index >= 15 is 0 Å². The molecule has 0 saturated carbocycles. The highest BCUT2D eigenvalue weighted by Gasteiger charge is 2.17. The fourth-order valence-electron chi connectivity index (χ4n) is 2.89. The normalized spacial score (nSPS) is 14.4. The first-order chi connectivity index (χ1) is 9.67. The van der Waals surface area contributed by atoms with Crippen LogP contribution in [-0.4, -0.2) is 0 Å². The van der Waals surface area contributed by atoms with Crippen LogP contribution in [0.3, 0.4) is 0 Å². The second-order valence-corrected chi connectivity index (χ2v) is 5.53. The maximum absolute atomic E-state index is 13.9. The van der Waals surface area contributed by atoms with E-state index in [1.807, 2.05) is 30.3 Å². The van der Waals surface area contributed by atoms with Crippen LogP contribution in [0.4, 0.5) is 4.39 Å². The Labute approximate surface area is 120 Å². The number of rotatable bonds is 6. The van der Waals surface area contributed by atoms with Gasteiger partial charge in [0.05, 0.1) is 0 Å². The maximum atomic E-state index is 13.9. The van der Waals surface area contributed by atoms with Gasteiger partial charge in [0.15, 0.2) is 0 Å². The van der Waals surface area contributed by atoms with Gasteiger partial charge in [-0.25, -0.2) is 4.39 Å². The number of hydrazine groups is 1. The molecule has 2 aromatic carbocycles. The lowest BCUT2D eigenvalue weighted by Gasteiger charge is -2.22. The van der Waals surface area contributed by atoms with Crippen molar-refractivity contribution < 1.29 is 4.39 Å². The lowest BCUT2D eigenvalue weighted by Crippen LogP contribution is -2.29. The molecule has 2 unspecified atom stereocenters. The predicted octanol–water partition coefficient (Wildman–Crippen LogP) is 4.31. The first-order valence-corrected chi connectivity index (χ1v) is 7.30. The Morgan fingerprint density at radius 1 is 1.15 bits per heavy atom. The molecule has 2 rings (SSSR count). The highest BCUT2D eigenvalue weighted by molar-refractivity contribution is 5.86. The van der Waals surface area contributed by atoms with E-state index in [-0.39, 0.29) is 11.9 Å². The first-order valence-electron chi connectivity index (χ1n) is 7.30. The highest BCUT2D eigenvalue weighted by atomic mass is 19.1. The van der Waals surface area contributed by atoms with Crippen molar-refractivity contribution in [1.29, 1.82) is 0 Å². The Bertz CT molecular complexity index is 568. The van der Waals surface area contributed by atoms with E-state index in [0.29, 0.717) is 11.3 Å². The molecule has 0 aromatic heterocycles. The summed E-state index contributed by atoms with van der Waals surface area (Å²) < 4.78 is 13.9. The Morgan fingerprint density at radius 3 is 2.50 bits per heavy atom. The molecule has 2 atom stereocenters. The topological polar surface area (TPSA) is 38.0 Å². The Kier molecular flexibility index (Phi) is 5.10. The number of halogens is 1. The Morgan fingerprint density at radius 2 is 1.85 bits per heavy atom. The van der Waals surface area contributed by atoms with E-state index in [1.54, 1.807) is 0 Å². The van der Waals surface area contributed by atoms with Crippen LogP contribution in [0, 0.1) is 11.7 Å². The maximum Gasteiger partial charge on any atom is 0.131 e. The van der Waals surface area contributed by atoms with Crippen LogP contribution in [-0.2, 0) is 0 Å². The summed E-state index contributed by atoms with van der Waals surface area (Å²) in [6, 6.07) is 11.0.